The van der Waals surface area contributed by atoms with Gasteiger partial charge in [-0.1, -0.05) is 48.0 Å². The molecule has 5 heteroatoms. The van der Waals surface area contributed by atoms with Gasteiger partial charge in [-0.3, -0.25) is 4.79 Å². The zero-order chi connectivity index (χ0) is 20.9. The summed E-state index contributed by atoms with van der Waals surface area (Å²) in [6.07, 6.45) is 2.20. The number of morpholine rings is 1. The van der Waals surface area contributed by atoms with Gasteiger partial charge in [0.25, 0.3) is 0 Å². The Balaban J connectivity index is 1.45. The summed E-state index contributed by atoms with van der Waals surface area (Å²) in [5.74, 6) is 0.101. The molecule has 4 rings (SSSR count). The smallest absolute Gasteiger partial charge is 0.239 e. The molecule has 0 saturated carbocycles. The second kappa shape index (κ2) is 9.63. The van der Waals surface area contributed by atoms with Gasteiger partial charge in [0.1, 0.15) is 19.1 Å². The van der Waals surface area contributed by atoms with Gasteiger partial charge >= 0.3 is 0 Å². The summed E-state index contributed by atoms with van der Waals surface area (Å²) in [6, 6.07) is 17.4. The molecule has 2 aromatic carbocycles. The van der Waals surface area contributed by atoms with Crippen molar-refractivity contribution in [2.75, 3.05) is 44.3 Å². The minimum atomic E-state index is 0.0512. The van der Waals surface area contributed by atoms with Crippen LogP contribution < -0.4 is 15.1 Å². The molecule has 0 bridgehead atoms. The number of anilines is 1. The topological polar surface area (TPSA) is 46.0 Å². The number of ether oxygens (including phenoxy) is 1. The molecule has 2 aromatic rings. The zero-order valence-corrected chi connectivity index (χ0v) is 18.2. The van der Waals surface area contributed by atoms with Crippen LogP contribution in [0, 0.1) is 6.92 Å². The van der Waals surface area contributed by atoms with Gasteiger partial charge in [-0.25, -0.2) is 0 Å². The number of hydrogen-bond acceptors (Lipinski definition) is 3. The summed E-state index contributed by atoms with van der Waals surface area (Å²) in [4.78, 5) is 16.8. The van der Waals surface area contributed by atoms with Gasteiger partial charge in [0.15, 0.2) is 0 Å². The highest BCUT2D eigenvalue weighted by molar-refractivity contribution is 5.82. The van der Waals surface area contributed by atoms with Crippen molar-refractivity contribution >= 4 is 11.6 Å². The second-order valence-corrected chi connectivity index (χ2v) is 8.67. The summed E-state index contributed by atoms with van der Waals surface area (Å²) < 4.78 is 5.57. The molecule has 1 fully saturated rings. The Kier molecular flexibility index (Phi) is 6.70. The molecule has 5 nitrogen and oxygen atoms in total. The largest absolute Gasteiger partial charge is 0.370 e. The van der Waals surface area contributed by atoms with E-state index < -0.39 is 0 Å². The lowest BCUT2D eigenvalue weighted by atomic mass is 9.97. The fourth-order valence-corrected chi connectivity index (χ4v) is 5.01. The number of hydrogen-bond donors (Lipinski definition) is 2. The first-order valence-corrected chi connectivity index (χ1v) is 11.2. The first kappa shape index (κ1) is 20.9. The van der Waals surface area contributed by atoms with Crippen LogP contribution in [-0.2, 0) is 16.0 Å². The van der Waals surface area contributed by atoms with Gasteiger partial charge < -0.3 is 19.9 Å². The highest BCUT2D eigenvalue weighted by atomic mass is 16.5. The molecule has 2 atom stereocenters. The number of carbonyl (C=O) groups excluding carboxylic acids is 1. The number of quaternary nitrogens is 1. The van der Waals surface area contributed by atoms with E-state index in [1.807, 2.05) is 6.07 Å². The summed E-state index contributed by atoms with van der Waals surface area (Å²) >= 11 is 0. The van der Waals surface area contributed by atoms with E-state index in [0.717, 1.165) is 45.7 Å². The van der Waals surface area contributed by atoms with Crippen LogP contribution in [0.1, 0.15) is 36.1 Å². The van der Waals surface area contributed by atoms with Gasteiger partial charge in [0.2, 0.25) is 5.91 Å². The van der Waals surface area contributed by atoms with Crippen LogP contribution in [0.3, 0.4) is 0 Å². The molecule has 1 saturated heterocycles. The highest BCUT2D eigenvalue weighted by Gasteiger charge is 2.32. The number of amides is 1. The van der Waals surface area contributed by atoms with E-state index in [9.17, 15) is 4.79 Å². The molecule has 30 heavy (non-hydrogen) atoms. The van der Waals surface area contributed by atoms with Crippen molar-refractivity contribution in [1.29, 1.82) is 0 Å². The quantitative estimate of drug-likeness (QED) is 0.768. The summed E-state index contributed by atoms with van der Waals surface area (Å²) in [5.41, 5.74) is 5.14. The molecule has 0 aromatic heterocycles. The highest BCUT2D eigenvalue weighted by Crippen LogP contribution is 2.27. The van der Waals surface area contributed by atoms with Crippen LogP contribution in [0.4, 0.5) is 5.69 Å². The van der Waals surface area contributed by atoms with Crippen LogP contribution in [-0.4, -0.2) is 51.3 Å². The second-order valence-electron chi connectivity index (χ2n) is 8.67. The Labute approximate surface area is 180 Å². The maximum atomic E-state index is 13.0. The maximum absolute atomic E-state index is 13.0. The minimum absolute atomic E-state index is 0.0512. The SMILES string of the molecule is Cc1ccc2c(c1)CCCN2CC(=O)N[C@H](C)[C@@H](c1ccccc1)[NH+]1CCOCC1. The van der Waals surface area contributed by atoms with Crippen LogP contribution in [0.2, 0.25) is 0 Å². The predicted molar refractivity (Wildman–Crippen MR) is 120 cm³/mol. The Morgan fingerprint density at radius 1 is 1.17 bits per heavy atom. The normalized spacial score (nSPS) is 19.1. The van der Waals surface area contributed by atoms with Crippen molar-refractivity contribution in [3.8, 4) is 0 Å². The number of benzene rings is 2. The van der Waals surface area contributed by atoms with Gasteiger partial charge in [0.05, 0.1) is 25.8 Å². The maximum Gasteiger partial charge on any atom is 0.239 e. The number of carbonyl (C=O) groups is 1. The lowest BCUT2D eigenvalue weighted by molar-refractivity contribution is -0.940. The van der Waals surface area contributed by atoms with E-state index in [-0.39, 0.29) is 18.0 Å². The molecule has 0 unspecified atom stereocenters. The van der Waals surface area contributed by atoms with Crippen molar-refractivity contribution in [2.45, 2.75) is 38.8 Å². The van der Waals surface area contributed by atoms with Gasteiger partial charge in [-0.15, -0.1) is 0 Å². The molecule has 2 N–H and O–H groups in total. The lowest BCUT2D eigenvalue weighted by Gasteiger charge is -2.36. The molecular formula is C25H34N3O2+. The molecule has 0 aliphatic carbocycles. The Morgan fingerprint density at radius 2 is 1.93 bits per heavy atom. The van der Waals surface area contributed by atoms with Gasteiger partial charge in [0, 0.05) is 17.8 Å². The predicted octanol–water partition coefficient (Wildman–Crippen LogP) is 1.91. The van der Waals surface area contributed by atoms with E-state index in [4.69, 9.17) is 4.74 Å². The zero-order valence-electron chi connectivity index (χ0n) is 18.2. The first-order chi connectivity index (χ1) is 14.6. The number of fused-ring (bicyclic) bond motifs is 1. The molecule has 1 amide bonds. The van der Waals surface area contributed by atoms with E-state index in [1.165, 1.54) is 27.3 Å². The Morgan fingerprint density at radius 3 is 2.70 bits per heavy atom. The molecule has 2 heterocycles. The molecule has 2 aliphatic heterocycles. The lowest BCUT2D eigenvalue weighted by Crippen LogP contribution is -3.15. The standard InChI is InChI=1S/C25H33N3O2/c1-19-10-11-23-22(17-19)9-6-12-28(23)18-24(29)26-20(2)25(21-7-4-3-5-8-21)27-13-15-30-16-14-27/h3-5,7-8,10-11,17,20,25H,6,9,12-16,18H2,1-2H3,(H,26,29)/p+1/t20-,25+/m1/s1. The monoisotopic (exact) mass is 408 g/mol. The van der Waals surface area contributed by atoms with Gasteiger partial charge in [-0.2, -0.15) is 0 Å². The van der Waals surface area contributed by atoms with Crippen molar-refractivity contribution in [3.63, 3.8) is 0 Å². The number of nitrogens with zero attached hydrogens (tertiary/aromatic N) is 1. The van der Waals surface area contributed by atoms with E-state index in [2.05, 4.69) is 66.5 Å². The summed E-state index contributed by atoms with van der Waals surface area (Å²) in [7, 11) is 0. The third kappa shape index (κ3) is 4.85. The molecule has 160 valence electrons. The van der Waals surface area contributed by atoms with Crippen molar-refractivity contribution in [3.05, 3.63) is 65.2 Å². The van der Waals surface area contributed by atoms with E-state index in [1.54, 1.807) is 0 Å². The van der Waals surface area contributed by atoms with Crippen molar-refractivity contribution in [1.82, 2.24) is 5.32 Å². The number of aryl methyl sites for hydroxylation is 2. The fraction of sp³-hybridized carbons (Fsp3) is 0.480. The van der Waals surface area contributed by atoms with E-state index in [0.29, 0.717) is 6.54 Å². The fourth-order valence-electron chi connectivity index (χ4n) is 5.01. The first-order valence-electron chi connectivity index (χ1n) is 11.2. The number of nitrogens with one attached hydrogen (secondary N) is 2. The van der Waals surface area contributed by atoms with Crippen molar-refractivity contribution in [2.24, 2.45) is 0 Å². The molecular weight excluding hydrogens is 374 g/mol. The van der Waals surface area contributed by atoms with Gasteiger partial charge in [-0.05, 0) is 38.3 Å². The molecule has 2 aliphatic rings. The van der Waals surface area contributed by atoms with Crippen molar-refractivity contribution < 1.29 is 14.4 Å². The third-order valence-electron chi connectivity index (χ3n) is 6.41. The average molecular weight is 409 g/mol. The van der Waals surface area contributed by atoms with Crippen LogP contribution >= 0.6 is 0 Å². The van der Waals surface area contributed by atoms with Crippen LogP contribution in [0.5, 0.6) is 0 Å². The van der Waals surface area contributed by atoms with Crippen LogP contribution in [0.15, 0.2) is 48.5 Å². The minimum Gasteiger partial charge on any atom is -0.370 e. The summed E-state index contributed by atoms with van der Waals surface area (Å²) in [6.45, 7) is 9.13. The molecule has 0 radical (unpaired) electrons. The Hall–Kier alpha value is -2.37. The molecule has 0 spiro atoms. The van der Waals surface area contributed by atoms with Crippen LogP contribution in [0.25, 0.3) is 0 Å². The number of rotatable bonds is 6. The Bertz CT molecular complexity index is 849. The summed E-state index contributed by atoms with van der Waals surface area (Å²) in [5, 5.41) is 3.32. The van der Waals surface area contributed by atoms with E-state index >= 15 is 0 Å². The average Bonchev–Trinajstić information content (AvgIpc) is 2.75. The third-order valence-corrected chi connectivity index (χ3v) is 6.41.